The predicted octanol–water partition coefficient (Wildman–Crippen LogP) is 4.74. The zero-order valence-corrected chi connectivity index (χ0v) is 17.1. The van der Waals surface area contributed by atoms with Crippen molar-refractivity contribution in [1.29, 1.82) is 0 Å². The molecule has 0 aliphatic heterocycles. The van der Waals surface area contributed by atoms with Crippen molar-refractivity contribution in [1.82, 2.24) is 0 Å². The lowest BCUT2D eigenvalue weighted by Gasteiger charge is -2.13. The first-order chi connectivity index (χ1) is 15.1. The molecule has 0 bridgehead atoms. The van der Waals surface area contributed by atoms with Gasteiger partial charge in [0, 0.05) is 11.1 Å². The fourth-order valence-corrected chi connectivity index (χ4v) is 3.27. The zero-order chi connectivity index (χ0) is 21.8. The van der Waals surface area contributed by atoms with Crippen LogP contribution in [0, 0.1) is 0 Å². The number of ether oxygens (including phenoxy) is 3. The van der Waals surface area contributed by atoms with E-state index < -0.39 is 0 Å². The fourth-order valence-electron chi connectivity index (χ4n) is 3.27. The molecular weight excluding hydrogens is 396 g/mol. The predicted molar refractivity (Wildman–Crippen MR) is 117 cm³/mol. The Balaban J connectivity index is 1.81. The molecule has 0 aliphatic carbocycles. The Bertz CT molecular complexity index is 1290. The van der Waals surface area contributed by atoms with E-state index in [2.05, 4.69) is 0 Å². The van der Waals surface area contributed by atoms with Gasteiger partial charge in [-0.1, -0.05) is 42.5 Å². The minimum absolute atomic E-state index is 0.0322. The van der Waals surface area contributed by atoms with E-state index in [9.17, 15) is 9.59 Å². The first-order valence-corrected chi connectivity index (χ1v) is 9.61. The summed E-state index contributed by atoms with van der Waals surface area (Å²) in [7, 11) is 3.06. The highest BCUT2D eigenvalue weighted by molar-refractivity contribution is 5.97. The van der Waals surface area contributed by atoms with Crippen molar-refractivity contribution in [2.45, 2.75) is 0 Å². The molecule has 0 spiro atoms. The SMILES string of the molecule is COc1ccc(-c2oc3ccccc3c(=O)c2OCC(=O)c2ccccc2)cc1OC. The van der Waals surface area contributed by atoms with Crippen LogP contribution in [0.1, 0.15) is 10.4 Å². The first-order valence-electron chi connectivity index (χ1n) is 9.61. The summed E-state index contributed by atoms with van der Waals surface area (Å²) in [6.45, 7) is -0.298. The summed E-state index contributed by atoms with van der Waals surface area (Å²) in [5, 5.41) is 0.369. The van der Waals surface area contributed by atoms with Crippen molar-refractivity contribution in [3.8, 4) is 28.6 Å². The molecule has 6 heteroatoms. The second-order valence-corrected chi connectivity index (χ2v) is 6.73. The van der Waals surface area contributed by atoms with E-state index in [1.807, 2.05) is 6.07 Å². The van der Waals surface area contributed by atoms with E-state index in [-0.39, 0.29) is 29.3 Å². The minimum Gasteiger partial charge on any atom is -0.493 e. The highest BCUT2D eigenvalue weighted by atomic mass is 16.5. The standard InChI is InChI=1S/C25H20O6/c1-28-21-13-12-17(14-22(21)29-2)24-25(23(27)18-10-6-7-11-20(18)31-24)30-15-19(26)16-8-4-3-5-9-16/h3-14H,15H2,1-2H3. The fraction of sp³-hybridized carbons (Fsp3) is 0.120. The average molecular weight is 416 g/mol. The molecule has 0 fully saturated rings. The molecule has 1 aromatic heterocycles. The van der Waals surface area contributed by atoms with Gasteiger partial charge in [-0.3, -0.25) is 9.59 Å². The summed E-state index contributed by atoms with van der Waals surface area (Å²) in [5.74, 6) is 0.949. The average Bonchev–Trinajstić information content (AvgIpc) is 2.83. The largest absolute Gasteiger partial charge is 0.493 e. The van der Waals surface area contributed by atoms with Crippen LogP contribution in [0.4, 0.5) is 0 Å². The Morgan fingerprint density at radius 3 is 2.32 bits per heavy atom. The van der Waals surface area contributed by atoms with Crippen molar-refractivity contribution in [3.05, 3.63) is 88.6 Å². The molecule has 3 aromatic carbocycles. The van der Waals surface area contributed by atoms with Crippen molar-refractivity contribution in [2.75, 3.05) is 20.8 Å². The maximum absolute atomic E-state index is 13.2. The Hall–Kier alpha value is -4.06. The Morgan fingerprint density at radius 1 is 0.871 bits per heavy atom. The second-order valence-electron chi connectivity index (χ2n) is 6.73. The molecule has 0 radical (unpaired) electrons. The molecule has 6 nitrogen and oxygen atoms in total. The van der Waals surface area contributed by atoms with E-state index in [0.717, 1.165) is 0 Å². The molecule has 0 aliphatic rings. The number of ketones is 1. The maximum Gasteiger partial charge on any atom is 0.235 e. The van der Waals surface area contributed by atoms with Crippen LogP contribution in [0.3, 0.4) is 0 Å². The molecule has 4 aromatic rings. The van der Waals surface area contributed by atoms with Gasteiger partial charge >= 0.3 is 0 Å². The number of fused-ring (bicyclic) bond motifs is 1. The summed E-state index contributed by atoms with van der Waals surface area (Å²) in [4.78, 5) is 25.7. The summed E-state index contributed by atoms with van der Waals surface area (Å²) in [6.07, 6.45) is 0. The molecule has 0 atom stereocenters. The molecule has 0 unspecified atom stereocenters. The van der Waals surface area contributed by atoms with Gasteiger partial charge in [-0.05, 0) is 30.3 Å². The van der Waals surface area contributed by atoms with E-state index in [0.29, 0.717) is 33.6 Å². The van der Waals surface area contributed by atoms with Gasteiger partial charge in [-0.25, -0.2) is 0 Å². The van der Waals surface area contributed by atoms with Crippen LogP contribution in [0.15, 0.2) is 82.0 Å². The van der Waals surface area contributed by atoms with Gasteiger partial charge in [0.1, 0.15) is 5.58 Å². The third-order valence-corrected chi connectivity index (χ3v) is 4.85. The van der Waals surface area contributed by atoms with Gasteiger partial charge in [-0.15, -0.1) is 0 Å². The summed E-state index contributed by atoms with van der Waals surface area (Å²) < 4.78 is 22.4. The Morgan fingerprint density at radius 2 is 1.58 bits per heavy atom. The molecule has 0 saturated heterocycles. The molecule has 156 valence electrons. The van der Waals surface area contributed by atoms with Crippen LogP contribution in [-0.4, -0.2) is 26.6 Å². The molecule has 31 heavy (non-hydrogen) atoms. The molecule has 1 heterocycles. The molecule has 4 rings (SSSR count). The van der Waals surface area contributed by atoms with E-state index in [4.69, 9.17) is 18.6 Å². The zero-order valence-electron chi connectivity index (χ0n) is 17.1. The lowest BCUT2D eigenvalue weighted by Crippen LogP contribution is -2.17. The molecular formula is C25H20O6. The third kappa shape index (κ3) is 4.00. The lowest BCUT2D eigenvalue weighted by atomic mass is 10.1. The number of hydrogen-bond acceptors (Lipinski definition) is 6. The Labute approximate surface area is 178 Å². The second kappa shape index (κ2) is 8.75. The number of para-hydroxylation sites is 1. The van der Waals surface area contributed by atoms with Gasteiger partial charge in [0.15, 0.2) is 29.6 Å². The highest BCUT2D eigenvalue weighted by Crippen LogP contribution is 2.36. The molecule has 0 saturated carbocycles. The van der Waals surface area contributed by atoms with E-state index in [1.54, 1.807) is 66.7 Å². The van der Waals surface area contributed by atoms with Crippen molar-refractivity contribution in [3.63, 3.8) is 0 Å². The molecule has 0 amide bonds. The summed E-state index contributed by atoms with van der Waals surface area (Å²) in [5.41, 5.74) is 1.12. The van der Waals surface area contributed by atoms with Crippen molar-refractivity contribution < 1.29 is 23.4 Å². The lowest BCUT2D eigenvalue weighted by molar-refractivity contribution is 0.0920. The molecule has 0 N–H and O–H groups in total. The number of methoxy groups -OCH3 is 2. The van der Waals surface area contributed by atoms with Gasteiger partial charge < -0.3 is 18.6 Å². The number of Topliss-reactive ketones (excluding diaryl/α,β-unsaturated/α-hetero) is 1. The normalized spacial score (nSPS) is 10.6. The number of rotatable bonds is 7. The monoisotopic (exact) mass is 416 g/mol. The Kier molecular flexibility index (Phi) is 5.71. The minimum atomic E-state index is -0.354. The third-order valence-electron chi connectivity index (χ3n) is 4.85. The summed E-state index contributed by atoms with van der Waals surface area (Å²) >= 11 is 0. The number of benzene rings is 3. The van der Waals surface area contributed by atoms with Gasteiger partial charge in [0.25, 0.3) is 0 Å². The van der Waals surface area contributed by atoms with Gasteiger partial charge in [-0.2, -0.15) is 0 Å². The van der Waals surface area contributed by atoms with Crippen LogP contribution in [-0.2, 0) is 0 Å². The van der Waals surface area contributed by atoms with Crippen LogP contribution in [0.5, 0.6) is 17.2 Å². The number of carbonyl (C=O) groups is 1. The quantitative estimate of drug-likeness (QED) is 0.405. The summed E-state index contributed by atoms with van der Waals surface area (Å²) in [6, 6.07) is 20.8. The first kappa shape index (κ1) is 20.2. The van der Waals surface area contributed by atoms with Crippen LogP contribution >= 0.6 is 0 Å². The van der Waals surface area contributed by atoms with E-state index in [1.165, 1.54) is 14.2 Å². The smallest absolute Gasteiger partial charge is 0.235 e. The van der Waals surface area contributed by atoms with Crippen LogP contribution < -0.4 is 19.6 Å². The van der Waals surface area contributed by atoms with Gasteiger partial charge in [0.05, 0.1) is 19.6 Å². The number of hydrogen-bond donors (Lipinski definition) is 0. The van der Waals surface area contributed by atoms with Gasteiger partial charge in [0.2, 0.25) is 11.2 Å². The number of carbonyl (C=O) groups excluding carboxylic acids is 1. The topological polar surface area (TPSA) is 75.0 Å². The van der Waals surface area contributed by atoms with Crippen molar-refractivity contribution >= 4 is 16.8 Å². The van der Waals surface area contributed by atoms with Crippen molar-refractivity contribution in [2.24, 2.45) is 0 Å². The van der Waals surface area contributed by atoms with E-state index >= 15 is 0 Å². The highest BCUT2D eigenvalue weighted by Gasteiger charge is 2.20. The maximum atomic E-state index is 13.2. The van der Waals surface area contributed by atoms with Crippen LogP contribution in [0.2, 0.25) is 0 Å². The van der Waals surface area contributed by atoms with Crippen LogP contribution in [0.25, 0.3) is 22.3 Å².